The van der Waals surface area contributed by atoms with Gasteiger partial charge in [0.15, 0.2) is 0 Å². The third-order valence-corrected chi connectivity index (χ3v) is 3.50. The van der Waals surface area contributed by atoms with Crippen molar-refractivity contribution in [2.45, 2.75) is 13.1 Å². The van der Waals surface area contributed by atoms with E-state index in [1.807, 2.05) is 0 Å². The maximum Gasteiger partial charge on any atom is 0.418 e. The maximum absolute atomic E-state index is 13.4. The fourth-order valence-corrected chi connectivity index (χ4v) is 2.28. The quantitative estimate of drug-likeness (QED) is 0.866. The summed E-state index contributed by atoms with van der Waals surface area (Å²) < 4.78 is 45.4. The highest BCUT2D eigenvalue weighted by molar-refractivity contribution is 6.06. The van der Waals surface area contributed by atoms with Crippen molar-refractivity contribution in [3.05, 3.63) is 53.6 Å². The van der Waals surface area contributed by atoms with E-state index in [0.29, 0.717) is 18.0 Å². The Morgan fingerprint density at radius 2 is 1.84 bits per heavy atom. The molecule has 0 aliphatic heterocycles. The van der Waals surface area contributed by atoms with Gasteiger partial charge >= 0.3 is 6.18 Å². The fourth-order valence-electron chi connectivity index (χ4n) is 2.28. The Bertz CT molecular complexity index is 758. The molecule has 0 radical (unpaired) electrons. The highest BCUT2D eigenvalue weighted by Crippen LogP contribution is 2.37. The molecule has 25 heavy (non-hydrogen) atoms. The molecule has 2 aromatic carbocycles. The fraction of sp³-hybridized carbons (Fsp3) is 0.278. The number of ether oxygens (including phenoxy) is 1. The van der Waals surface area contributed by atoms with Gasteiger partial charge in [-0.2, -0.15) is 13.2 Å². The van der Waals surface area contributed by atoms with Gasteiger partial charge < -0.3 is 15.0 Å². The van der Waals surface area contributed by atoms with Crippen LogP contribution in [0.25, 0.3) is 0 Å². The van der Waals surface area contributed by atoms with Gasteiger partial charge in [0.05, 0.1) is 23.4 Å². The second kappa shape index (κ2) is 7.46. The van der Waals surface area contributed by atoms with E-state index in [4.69, 9.17) is 4.74 Å². The van der Waals surface area contributed by atoms with E-state index in [-0.39, 0.29) is 11.3 Å². The number of para-hydroxylation sites is 1. The molecule has 2 rings (SSSR count). The van der Waals surface area contributed by atoms with Crippen LogP contribution < -0.4 is 15.0 Å². The molecule has 0 unspecified atom stereocenters. The molecule has 0 aliphatic carbocycles. The summed E-state index contributed by atoms with van der Waals surface area (Å²) in [6.07, 6.45) is -4.59. The van der Waals surface area contributed by atoms with Crippen molar-refractivity contribution in [2.24, 2.45) is 0 Å². The molecule has 1 N–H and O–H groups in total. The zero-order chi connectivity index (χ0) is 18.6. The molecular weight excluding hydrogens is 333 g/mol. The first kappa shape index (κ1) is 18.6. The molecule has 0 spiro atoms. The summed E-state index contributed by atoms with van der Waals surface area (Å²) >= 11 is 0. The van der Waals surface area contributed by atoms with Crippen LogP contribution in [0, 0.1) is 0 Å². The van der Waals surface area contributed by atoms with Crippen molar-refractivity contribution in [3.63, 3.8) is 0 Å². The van der Waals surface area contributed by atoms with E-state index < -0.39 is 17.6 Å². The zero-order valence-electron chi connectivity index (χ0n) is 14.1. The van der Waals surface area contributed by atoms with E-state index in [9.17, 15) is 18.0 Å². The lowest BCUT2D eigenvalue weighted by Gasteiger charge is -2.19. The Hall–Kier alpha value is -2.70. The SMILES string of the molecule is CCOc1ccccc1C(=O)Nc1ccc(N(C)C)cc1C(F)(F)F. The predicted molar refractivity (Wildman–Crippen MR) is 91.3 cm³/mol. The van der Waals surface area contributed by atoms with Crippen LogP contribution in [0.4, 0.5) is 24.5 Å². The lowest BCUT2D eigenvalue weighted by molar-refractivity contribution is -0.136. The van der Waals surface area contributed by atoms with Gasteiger partial charge in [-0.05, 0) is 37.3 Å². The molecule has 0 saturated heterocycles. The molecule has 0 heterocycles. The van der Waals surface area contributed by atoms with Gasteiger partial charge in [-0.15, -0.1) is 0 Å². The summed E-state index contributed by atoms with van der Waals surface area (Å²) in [5.74, 6) is -0.340. The first-order valence-electron chi connectivity index (χ1n) is 7.65. The highest BCUT2D eigenvalue weighted by Gasteiger charge is 2.34. The molecular formula is C18H19F3N2O2. The number of nitrogens with zero attached hydrogens (tertiary/aromatic N) is 1. The number of hydrogen-bond donors (Lipinski definition) is 1. The van der Waals surface area contributed by atoms with Crippen molar-refractivity contribution in [2.75, 3.05) is 30.9 Å². The second-order valence-electron chi connectivity index (χ2n) is 5.51. The minimum absolute atomic E-state index is 0.175. The van der Waals surface area contributed by atoms with Gasteiger partial charge in [-0.3, -0.25) is 4.79 Å². The average molecular weight is 352 g/mol. The highest BCUT2D eigenvalue weighted by atomic mass is 19.4. The summed E-state index contributed by atoms with van der Waals surface area (Å²) in [6, 6.07) is 10.2. The number of halogens is 3. The van der Waals surface area contributed by atoms with E-state index in [1.165, 1.54) is 18.2 Å². The van der Waals surface area contributed by atoms with Crippen molar-refractivity contribution in [1.29, 1.82) is 0 Å². The zero-order valence-corrected chi connectivity index (χ0v) is 14.1. The second-order valence-corrected chi connectivity index (χ2v) is 5.51. The molecule has 7 heteroatoms. The van der Waals surface area contributed by atoms with E-state index >= 15 is 0 Å². The van der Waals surface area contributed by atoms with Gasteiger partial charge in [0.2, 0.25) is 0 Å². The van der Waals surface area contributed by atoms with Crippen LogP contribution in [0.3, 0.4) is 0 Å². The molecule has 0 saturated carbocycles. The van der Waals surface area contributed by atoms with Crippen LogP contribution in [-0.2, 0) is 6.18 Å². The predicted octanol–water partition coefficient (Wildman–Crippen LogP) is 4.42. The largest absolute Gasteiger partial charge is 0.493 e. The van der Waals surface area contributed by atoms with Crippen molar-refractivity contribution in [3.8, 4) is 5.75 Å². The Balaban J connectivity index is 2.38. The van der Waals surface area contributed by atoms with Gasteiger partial charge in [0.25, 0.3) is 5.91 Å². The van der Waals surface area contributed by atoms with Crippen LogP contribution >= 0.6 is 0 Å². The van der Waals surface area contributed by atoms with E-state index in [2.05, 4.69) is 5.32 Å². The number of carbonyl (C=O) groups excluding carboxylic acids is 1. The summed E-state index contributed by atoms with van der Waals surface area (Å²) in [4.78, 5) is 14.0. The minimum atomic E-state index is -4.59. The Morgan fingerprint density at radius 1 is 1.16 bits per heavy atom. The lowest BCUT2D eigenvalue weighted by Crippen LogP contribution is -2.18. The number of alkyl halides is 3. The normalized spacial score (nSPS) is 11.1. The summed E-state index contributed by atoms with van der Waals surface area (Å²) in [5.41, 5.74) is -0.635. The Labute approximate surface area is 144 Å². The molecule has 4 nitrogen and oxygen atoms in total. The molecule has 2 aromatic rings. The average Bonchev–Trinajstić information content (AvgIpc) is 2.54. The first-order chi connectivity index (χ1) is 11.7. The number of carbonyl (C=O) groups is 1. The van der Waals surface area contributed by atoms with E-state index in [0.717, 1.165) is 6.07 Å². The van der Waals surface area contributed by atoms with Gasteiger partial charge in [0, 0.05) is 19.8 Å². The molecule has 0 aromatic heterocycles. The monoisotopic (exact) mass is 352 g/mol. The lowest BCUT2D eigenvalue weighted by atomic mass is 10.1. The van der Waals surface area contributed by atoms with E-state index in [1.54, 1.807) is 44.1 Å². The van der Waals surface area contributed by atoms with Gasteiger partial charge in [-0.1, -0.05) is 12.1 Å². The molecule has 0 bridgehead atoms. The van der Waals surface area contributed by atoms with Gasteiger partial charge in [0.1, 0.15) is 5.75 Å². The number of anilines is 2. The summed E-state index contributed by atoms with van der Waals surface area (Å²) in [6.45, 7) is 2.10. The Morgan fingerprint density at radius 3 is 2.44 bits per heavy atom. The van der Waals surface area contributed by atoms with Crippen LogP contribution in [0.5, 0.6) is 5.75 Å². The standard InChI is InChI=1S/C18H19F3N2O2/c1-4-25-16-8-6-5-7-13(16)17(24)22-15-10-9-12(23(2)3)11-14(15)18(19,20)21/h5-11H,4H2,1-3H3,(H,22,24). The first-order valence-corrected chi connectivity index (χ1v) is 7.65. The summed E-state index contributed by atoms with van der Waals surface area (Å²) in [7, 11) is 3.29. The molecule has 0 atom stereocenters. The van der Waals surface area contributed by atoms with Crippen molar-refractivity contribution in [1.82, 2.24) is 0 Å². The minimum Gasteiger partial charge on any atom is -0.493 e. The molecule has 134 valence electrons. The number of benzene rings is 2. The molecule has 1 amide bonds. The van der Waals surface area contributed by atoms with Gasteiger partial charge in [-0.25, -0.2) is 0 Å². The number of hydrogen-bond acceptors (Lipinski definition) is 3. The third-order valence-electron chi connectivity index (χ3n) is 3.50. The number of rotatable bonds is 5. The smallest absolute Gasteiger partial charge is 0.418 e. The summed E-state index contributed by atoms with van der Waals surface area (Å²) in [5, 5.41) is 2.34. The topological polar surface area (TPSA) is 41.6 Å². The molecule has 0 fully saturated rings. The maximum atomic E-state index is 13.4. The molecule has 0 aliphatic rings. The van der Waals surface area contributed by atoms with Crippen LogP contribution in [0.1, 0.15) is 22.8 Å². The number of amides is 1. The van der Waals surface area contributed by atoms with Crippen molar-refractivity contribution < 1.29 is 22.7 Å². The van der Waals surface area contributed by atoms with Crippen LogP contribution in [-0.4, -0.2) is 26.6 Å². The number of nitrogens with one attached hydrogen (secondary N) is 1. The van der Waals surface area contributed by atoms with Crippen LogP contribution in [0.15, 0.2) is 42.5 Å². The third kappa shape index (κ3) is 4.43. The Kier molecular flexibility index (Phi) is 5.56. The van der Waals surface area contributed by atoms with Crippen LogP contribution in [0.2, 0.25) is 0 Å². The van der Waals surface area contributed by atoms with Crippen molar-refractivity contribution >= 4 is 17.3 Å².